The number of nitrogens with zero attached hydrogens (tertiary/aromatic N) is 3. The molecule has 2 heterocycles. The van der Waals surface area contributed by atoms with Crippen LogP contribution in [-0.2, 0) is 34.3 Å². The molecule has 0 fully saturated rings. The third-order valence-corrected chi connectivity index (χ3v) is 6.28. The summed E-state index contributed by atoms with van der Waals surface area (Å²) in [6.07, 6.45) is 4.21. The zero-order valence-corrected chi connectivity index (χ0v) is 17.2. The van der Waals surface area contributed by atoms with Crippen LogP contribution in [0.5, 0.6) is 0 Å². The van der Waals surface area contributed by atoms with Crippen LogP contribution in [0.4, 0.5) is 0 Å². The Labute approximate surface area is 170 Å². The van der Waals surface area contributed by atoms with Crippen molar-refractivity contribution in [2.75, 3.05) is 6.54 Å². The standard InChI is InChI=1S/C19H25N5O4S/c1-14(25)15-6-5-7-16(12-15)29(27,28)21-10-9-19(26)20-13-18-23-22-17-8-3-2-4-11-24(17)18/h5-7,12,21H,2-4,8-11,13H2,1H3,(H,20,26). The highest BCUT2D eigenvalue weighted by Crippen LogP contribution is 2.14. The molecule has 0 spiro atoms. The highest BCUT2D eigenvalue weighted by molar-refractivity contribution is 7.89. The van der Waals surface area contributed by atoms with Gasteiger partial charge in [-0.05, 0) is 31.9 Å². The van der Waals surface area contributed by atoms with Gasteiger partial charge in [-0.15, -0.1) is 10.2 Å². The SMILES string of the molecule is CC(=O)c1cccc(S(=O)(=O)NCCC(=O)NCc2nnc3n2CCCCC3)c1. The molecule has 29 heavy (non-hydrogen) atoms. The molecule has 1 amide bonds. The molecule has 1 aromatic carbocycles. The summed E-state index contributed by atoms with van der Waals surface area (Å²) < 4.78 is 29.1. The molecular formula is C19H25N5O4S. The van der Waals surface area contributed by atoms with Crippen molar-refractivity contribution in [2.24, 2.45) is 0 Å². The number of Topliss-reactive ketones (excluding diaryl/α,β-unsaturated/α-hetero) is 1. The molecule has 0 atom stereocenters. The van der Waals surface area contributed by atoms with Gasteiger partial charge in [0.15, 0.2) is 11.6 Å². The number of benzene rings is 1. The Morgan fingerprint density at radius 2 is 2.00 bits per heavy atom. The lowest BCUT2D eigenvalue weighted by Gasteiger charge is -2.09. The van der Waals surface area contributed by atoms with Gasteiger partial charge in [-0.2, -0.15) is 0 Å². The van der Waals surface area contributed by atoms with E-state index in [2.05, 4.69) is 24.8 Å². The quantitative estimate of drug-likeness (QED) is 0.620. The van der Waals surface area contributed by atoms with Gasteiger partial charge in [-0.1, -0.05) is 18.6 Å². The van der Waals surface area contributed by atoms with E-state index in [1.165, 1.54) is 25.1 Å². The lowest BCUT2D eigenvalue weighted by Crippen LogP contribution is -2.31. The van der Waals surface area contributed by atoms with Gasteiger partial charge in [-0.3, -0.25) is 9.59 Å². The minimum absolute atomic E-state index is 0.00300. The van der Waals surface area contributed by atoms with Crippen LogP contribution in [0.25, 0.3) is 0 Å². The van der Waals surface area contributed by atoms with Crippen molar-refractivity contribution in [3.8, 4) is 0 Å². The van der Waals surface area contributed by atoms with Gasteiger partial charge in [-0.25, -0.2) is 13.1 Å². The van der Waals surface area contributed by atoms with E-state index < -0.39 is 10.0 Å². The second-order valence-electron chi connectivity index (χ2n) is 7.00. The molecule has 3 rings (SSSR count). The Hall–Kier alpha value is -2.59. The lowest BCUT2D eigenvalue weighted by molar-refractivity contribution is -0.121. The van der Waals surface area contributed by atoms with E-state index in [0.29, 0.717) is 5.56 Å². The Morgan fingerprint density at radius 1 is 1.17 bits per heavy atom. The first kappa shape index (κ1) is 21.1. The van der Waals surface area contributed by atoms with E-state index in [1.54, 1.807) is 6.07 Å². The van der Waals surface area contributed by atoms with Gasteiger partial charge in [0.05, 0.1) is 11.4 Å². The fraction of sp³-hybridized carbons (Fsp3) is 0.474. The molecule has 10 heteroatoms. The van der Waals surface area contributed by atoms with Crippen molar-refractivity contribution in [3.63, 3.8) is 0 Å². The number of carbonyl (C=O) groups is 2. The third-order valence-electron chi connectivity index (χ3n) is 4.82. The van der Waals surface area contributed by atoms with Crippen molar-refractivity contribution >= 4 is 21.7 Å². The number of hydrogen-bond acceptors (Lipinski definition) is 6. The zero-order valence-electron chi connectivity index (χ0n) is 16.3. The van der Waals surface area contributed by atoms with Crippen molar-refractivity contribution in [1.29, 1.82) is 0 Å². The maximum absolute atomic E-state index is 12.4. The molecule has 2 aromatic rings. The molecule has 1 aliphatic rings. The van der Waals surface area contributed by atoms with Crippen LogP contribution in [0.1, 0.15) is 54.6 Å². The number of hydrogen-bond donors (Lipinski definition) is 2. The average Bonchev–Trinajstić information content (AvgIpc) is 2.92. The number of aromatic nitrogens is 3. The van der Waals surface area contributed by atoms with Crippen molar-refractivity contribution in [3.05, 3.63) is 41.5 Å². The number of ketones is 1. The van der Waals surface area contributed by atoms with Gasteiger partial charge < -0.3 is 9.88 Å². The Morgan fingerprint density at radius 3 is 2.79 bits per heavy atom. The van der Waals surface area contributed by atoms with Crippen LogP contribution in [0.2, 0.25) is 0 Å². The van der Waals surface area contributed by atoms with Gasteiger partial charge in [0.1, 0.15) is 5.82 Å². The van der Waals surface area contributed by atoms with Gasteiger partial charge >= 0.3 is 0 Å². The highest BCUT2D eigenvalue weighted by atomic mass is 32.2. The fourth-order valence-corrected chi connectivity index (χ4v) is 4.28. The number of aryl methyl sites for hydroxylation is 1. The molecule has 156 valence electrons. The van der Waals surface area contributed by atoms with Crippen molar-refractivity contribution < 1.29 is 18.0 Å². The number of rotatable bonds is 8. The van der Waals surface area contributed by atoms with Gasteiger partial charge in [0.25, 0.3) is 0 Å². The minimum atomic E-state index is -3.79. The topological polar surface area (TPSA) is 123 Å². The maximum atomic E-state index is 12.4. The van der Waals surface area contributed by atoms with E-state index in [9.17, 15) is 18.0 Å². The minimum Gasteiger partial charge on any atom is -0.349 e. The number of amides is 1. The van der Waals surface area contributed by atoms with E-state index in [4.69, 9.17) is 0 Å². The van der Waals surface area contributed by atoms with Crippen LogP contribution >= 0.6 is 0 Å². The summed E-state index contributed by atoms with van der Waals surface area (Å²) in [7, 11) is -3.79. The predicted octanol–water partition coefficient (Wildman–Crippen LogP) is 1.19. The molecule has 9 nitrogen and oxygen atoms in total. The van der Waals surface area contributed by atoms with Crippen LogP contribution in [0, 0.1) is 0 Å². The molecule has 2 N–H and O–H groups in total. The van der Waals surface area contributed by atoms with E-state index >= 15 is 0 Å². The largest absolute Gasteiger partial charge is 0.349 e. The fourth-order valence-electron chi connectivity index (χ4n) is 3.21. The lowest BCUT2D eigenvalue weighted by atomic mass is 10.2. The van der Waals surface area contributed by atoms with E-state index in [0.717, 1.165) is 43.9 Å². The van der Waals surface area contributed by atoms with E-state index in [-0.39, 0.29) is 36.1 Å². The summed E-state index contributed by atoms with van der Waals surface area (Å²) in [6.45, 7) is 2.44. The van der Waals surface area contributed by atoms with Gasteiger partial charge in [0.2, 0.25) is 15.9 Å². The molecule has 1 aliphatic heterocycles. The summed E-state index contributed by atoms with van der Waals surface area (Å²) in [6, 6.07) is 5.80. The summed E-state index contributed by atoms with van der Waals surface area (Å²) in [5.74, 6) is 1.17. The smallest absolute Gasteiger partial charge is 0.240 e. The Kier molecular flexibility index (Phi) is 6.75. The number of carbonyl (C=O) groups excluding carboxylic acids is 2. The first-order valence-electron chi connectivity index (χ1n) is 9.65. The predicted molar refractivity (Wildman–Crippen MR) is 106 cm³/mol. The molecule has 0 radical (unpaired) electrons. The first-order valence-corrected chi connectivity index (χ1v) is 11.1. The molecule has 0 bridgehead atoms. The van der Waals surface area contributed by atoms with Crippen LogP contribution in [-0.4, -0.2) is 41.4 Å². The van der Waals surface area contributed by atoms with Crippen LogP contribution in [0.15, 0.2) is 29.2 Å². The molecule has 0 saturated heterocycles. The van der Waals surface area contributed by atoms with E-state index in [1.807, 2.05) is 0 Å². The molecular weight excluding hydrogens is 394 g/mol. The molecule has 0 saturated carbocycles. The summed E-state index contributed by atoms with van der Waals surface area (Å²) >= 11 is 0. The van der Waals surface area contributed by atoms with Crippen molar-refractivity contribution in [2.45, 2.75) is 57.0 Å². The maximum Gasteiger partial charge on any atom is 0.240 e. The third kappa shape index (κ3) is 5.48. The zero-order chi connectivity index (χ0) is 20.9. The Bertz CT molecular complexity index is 1000. The second-order valence-corrected chi connectivity index (χ2v) is 8.77. The molecule has 0 unspecified atom stereocenters. The monoisotopic (exact) mass is 419 g/mol. The first-order chi connectivity index (χ1) is 13.9. The van der Waals surface area contributed by atoms with Crippen LogP contribution in [0.3, 0.4) is 0 Å². The normalized spacial score (nSPS) is 14.1. The number of sulfonamides is 1. The number of fused-ring (bicyclic) bond motifs is 1. The Balaban J connectivity index is 1.49. The summed E-state index contributed by atoms with van der Waals surface area (Å²) in [4.78, 5) is 23.5. The summed E-state index contributed by atoms with van der Waals surface area (Å²) in [5, 5.41) is 11.1. The molecule has 0 aliphatic carbocycles. The van der Waals surface area contributed by atoms with Crippen LogP contribution < -0.4 is 10.0 Å². The number of nitrogens with one attached hydrogen (secondary N) is 2. The second kappa shape index (κ2) is 9.27. The average molecular weight is 420 g/mol. The van der Waals surface area contributed by atoms with Gasteiger partial charge in [0, 0.05) is 31.5 Å². The highest BCUT2D eigenvalue weighted by Gasteiger charge is 2.17. The van der Waals surface area contributed by atoms with Crippen molar-refractivity contribution in [1.82, 2.24) is 24.8 Å². The summed E-state index contributed by atoms with van der Waals surface area (Å²) in [5.41, 5.74) is 0.318. The molecule has 1 aromatic heterocycles.